The number of likely N-dealkylation sites (N-methyl/N-ethyl adjacent to an activating group) is 1. The van der Waals surface area contributed by atoms with Crippen molar-refractivity contribution in [2.45, 2.75) is 70.7 Å². The summed E-state index contributed by atoms with van der Waals surface area (Å²) in [7, 11) is 2.00. The van der Waals surface area contributed by atoms with Crippen LogP contribution in [-0.4, -0.2) is 71.8 Å². The molecule has 3 atom stereocenters. The fraction of sp³-hybridized carbons (Fsp3) is 0.533. The van der Waals surface area contributed by atoms with Crippen LogP contribution in [0.3, 0.4) is 0 Å². The molecule has 40 heavy (non-hydrogen) atoms. The van der Waals surface area contributed by atoms with E-state index in [2.05, 4.69) is 15.5 Å². The maximum absolute atomic E-state index is 13.7. The Bertz CT molecular complexity index is 1190. The SMILES string of the molecule is C[C@H]1CN([C@@H](C)CO)C(=O)c2cccc(NC(=O)NC3CCCCC3)c2O[C@@H]1CN(C)Cc1ccc(Cl)c(Cl)c1. The molecule has 0 aromatic heterocycles. The summed E-state index contributed by atoms with van der Waals surface area (Å²) in [4.78, 5) is 30.5. The Hall–Kier alpha value is -2.52. The molecule has 2 aromatic carbocycles. The molecular weight excluding hydrogens is 551 g/mol. The van der Waals surface area contributed by atoms with Crippen molar-refractivity contribution < 1.29 is 19.4 Å². The molecule has 2 aromatic rings. The first-order valence-electron chi connectivity index (χ1n) is 14.1. The van der Waals surface area contributed by atoms with E-state index in [0.29, 0.717) is 46.7 Å². The summed E-state index contributed by atoms with van der Waals surface area (Å²) in [6.45, 7) is 5.31. The largest absolute Gasteiger partial charge is 0.486 e. The quantitative estimate of drug-likeness (QED) is 0.361. The molecule has 10 heteroatoms. The van der Waals surface area contributed by atoms with Crippen LogP contribution in [-0.2, 0) is 6.54 Å². The van der Waals surface area contributed by atoms with E-state index < -0.39 is 0 Å². The zero-order valence-corrected chi connectivity index (χ0v) is 25.0. The lowest BCUT2D eigenvalue weighted by atomic mass is 9.96. The lowest BCUT2D eigenvalue weighted by Gasteiger charge is -2.38. The van der Waals surface area contributed by atoms with Gasteiger partial charge in [-0.15, -0.1) is 0 Å². The van der Waals surface area contributed by atoms with Gasteiger partial charge in [0, 0.05) is 31.6 Å². The second kappa shape index (κ2) is 13.9. The van der Waals surface area contributed by atoms with Crippen molar-refractivity contribution in [1.82, 2.24) is 15.1 Å². The van der Waals surface area contributed by atoms with E-state index in [1.54, 1.807) is 29.2 Å². The average molecular weight is 592 g/mol. The highest BCUT2D eigenvalue weighted by Crippen LogP contribution is 2.35. The number of hydrogen-bond acceptors (Lipinski definition) is 5. The molecular formula is C30H40Cl2N4O4. The van der Waals surface area contributed by atoms with Gasteiger partial charge < -0.3 is 25.4 Å². The first-order valence-corrected chi connectivity index (χ1v) is 14.8. The van der Waals surface area contributed by atoms with Gasteiger partial charge in [-0.1, -0.05) is 61.5 Å². The maximum Gasteiger partial charge on any atom is 0.319 e. The fourth-order valence-corrected chi connectivity index (χ4v) is 5.79. The monoisotopic (exact) mass is 590 g/mol. The number of aliphatic hydroxyl groups is 1. The third kappa shape index (κ3) is 7.60. The van der Waals surface area contributed by atoms with Gasteiger partial charge in [-0.3, -0.25) is 9.69 Å². The number of ether oxygens (including phenoxy) is 1. The van der Waals surface area contributed by atoms with Gasteiger partial charge in [0.05, 0.1) is 33.9 Å². The fourth-order valence-electron chi connectivity index (χ4n) is 5.47. The first-order chi connectivity index (χ1) is 19.2. The lowest BCUT2D eigenvalue weighted by molar-refractivity contribution is 0.0343. The minimum atomic E-state index is -0.373. The number of aliphatic hydroxyl groups excluding tert-OH is 1. The highest BCUT2D eigenvalue weighted by Gasteiger charge is 2.34. The third-order valence-electron chi connectivity index (χ3n) is 7.81. The van der Waals surface area contributed by atoms with Crippen LogP contribution < -0.4 is 15.4 Å². The van der Waals surface area contributed by atoms with Gasteiger partial charge in [0.1, 0.15) is 6.10 Å². The van der Waals surface area contributed by atoms with E-state index in [1.807, 2.05) is 33.0 Å². The summed E-state index contributed by atoms with van der Waals surface area (Å²) >= 11 is 12.3. The number of benzene rings is 2. The molecule has 0 saturated heterocycles. The van der Waals surface area contributed by atoms with Gasteiger partial charge in [0.25, 0.3) is 5.91 Å². The van der Waals surface area contributed by atoms with Crippen molar-refractivity contribution >= 4 is 40.8 Å². The third-order valence-corrected chi connectivity index (χ3v) is 8.55. The van der Waals surface area contributed by atoms with Gasteiger partial charge in [0.2, 0.25) is 0 Å². The van der Waals surface area contributed by atoms with Gasteiger partial charge in [-0.25, -0.2) is 4.79 Å². The van der Waals surface area contributed by atoms with Crippen LogP contribution in [0.15, 0.2) is 36.4 Å². The number of carbonyl (C=O) groups is 2. The van der Waals surface area contributed by atoms with Crippen molar-refractivity contribution in [3.63, 3.8) is 0 Å². The molecule has 1 aliphatic heterocycles. The molecule has 1 fully saturated rings. The van der Waals surface area contributed by atoms with E-state index in [9.17, 15) is 14.7 Å². The minimum absolute atomic E-state index is 0.0634. The van der Waals surface area contributed by atoms with Crippen LogP contribution in [0.25, 0.3) is 0 Å². The second-order valence-corrected chi connectivity index (χ2v) is 12.0. The van der Waals surface area contributed by atoms with E-state index >= 15 is 0 Å². The van der Waals surface area contributed by atoms with Crippen LogP contribution in [0.1, 0.15) is 61.9 Å². The molecule has 3 N–H and O–H groups in total. The van der Waals surface area contributed by atoms with E-state index in [4.69, 9.17) is 27.9 Å². The molecule has 1 saturated carbocycles. The van der Waals surface area contributed by atoms with Gasteiger partial charge >= 0.3 is 6.03 Å². The predicted molar refractivity (Wildman–Crippen MR) is 159 cm³/mol. The molecule has 3 amide bonds. The average Bonchev–Trinajstić information content (AvgIpc) is 2.93. The molecule has 1 heterocycles. The van der Waals surface area contributed by atoms with Gasteiger partial charge in [-0.2, -0.15) is 0 Å². The van der Waals surface area contributed by atoms with Crippen molar-refractivity contribution in [2.75, 3.05) is 32.1 Å². The number of fused-ring (bicyclic) bond motifs is 1. The van der Waals surface area contributed by atoms with E-state index in [1.165, 1.54) is 6.42 Å². The number of rotatable bonds is 8. The summed E-state index contributed by atoms with van der Waals surface area (Å²) < 4.78 is 6.61. The normalized spacial score (nSPS) is 20.8. The molecule has 0 radical (unpaired) electrons. The van der Waals surface area contributed by atoms with Crippen LogP contribution in [0.5, 0.6) is 5.75 Å². The van der Waals surface area contributed by atoms with E-state index in [-0.39, 0.29) is 42.7 Å². The van der Waals surface area contributed by atoms with Gasteiger partial charge in [-0.05, 0) is 56.6 Å². The molecule has 2 aliphatic rings. The summed E-state index contributed by atoms with van der Waals surface area (Å²) in [5.41, 5.74) is 1.82. The maximum atomic E-state index is 13.7. The molecule has 0 bridgehead atoms. The van der Waals surface area contributed by atoms with E-state index in [0.717, 1.165) is 31.2 Å². The van der Waals surface area contributed by atoms with Crippen LogP contribution >= 0.6 is 23.2 Å². The highest BCUT2D eigenvalue weighted by atomic mass is 35.5. The van der Waals surface area contributed by atoms with Crippen LogP contribution in [0, 0.1) is 5.92 Å². The lowest BCUT2D eigenvalue weighted by Crippen LogP contribution is -2.50. The number of para-hydroxylation sites is 1. The summed E-state index contributed by atoms with van der Waals surface area (Å²) in [6.07, 6.45) is 5.04. The Labute approximate surface area is 247 Å². The van der Waals surface area contributed by atoms with Crippen molar-refractivity contribution in [1.29, 1.82) is 0 Å². The predicted octanol–water partition coefficient (Wildman–Crippen LogP) is 5.80. The number of hydrogen-bond donors (Lipinski definition) is 3. The molecule has 8 nitrogen and oxygen atoms in total. The number of nitrogens with one attached hydrogen (secondary N) is 2. The standard InChI is InChI=1S/C30H40Cl2N4O4/c1-19-15-36(20(2)18-37)29(38)23-10-7-11-26(34-30(39)33-22-8-5-4-6-9-22)28(23)40-27(19)17-35(3)16-21-12-13-24(31)25(32)14-21/h7,10-14,19-20,22,27,37H,4-6,8-9,15-18H2,1-3H3,(H2,33,34,39)/t19-,20-,27+/m0/s1. The Morgan fingerprint density at radius 2 is 1.93 bits per heavy atom. The van der Waals surface area contributed by atoms with Crippen LogP contribution in [0.2, 0.25) is 10.0 Å². The Kier molecular flexibility index (Phi) is 10.6. The van der Waals surface area contributed by atoms with Crippen molar-refractivity contribution in [2.24, 2.45) is 5.92 Å². The highest BCUT2D eigenvalue weighted by molar-refractivity contribution is 6.42. The number of urea groups is 1. The molecule has 0 unspecified atom stereocenters. The Balaban J connectivity index is 1.60. The van der Waals surface area contributed by atoms with Crippen molar-refractivity contribution in [3.8, 4) is 5.75 Å². The molecule has 1 aliphatic carbocycles. The molecule has 218 valence electrons. The Morgan fingerprint density at radius 3 is 2.62 bits per heavy atom. The topological polar surface area (TPSA) is 94.1 Å². The first kappa shape index (κ1) is 30.4. The second-order valence-electron chi connectivity index (χ2n) is 11.2. The zero-order valence-electron chi connectivity index (χ0n) is 23.5. The number of anilines is 1. The smallest absolute Gasteiger partial charge is 0.319 e. The number of halogens is 2. The number of amides is 3. The molecule has 4 rings (SSSR count). The minimum Gasteiger partial charge on any atom is -0.486 e. The zero-order chi connectivity index (χ0) is 28.8. The summed E-state index contributed by atoms with van der Waals surface area (Å²) in [5.74, 6) is 0.0507. The van der Waals surface area contributed by atoms with Crippen molar-refractivity contribution in [3.05, 3.63) is 57.6 Å². The summed E-state index contributed by atoms with van der Waals surface area (Å²) in [5, 5.41) is 17.0. The number of nitrogens with zero attached hydrogens (tertiary/aromatic N) is 2. The molecule has 0 spiro atoms. The Morgan fingerprint density at radius 1 is 1.18 bits per heavy atom. The van der Waals surface area contributed by atoms with Crippen LogP contribution in [0.4, 0.5) is 10.5 Å². The number of carbonyl (C=O) groups excluding carboxylic acids is 2. The summed E-state index contributed by atoms with van der Waals surface area (Å²) in [6, 6.07) is 10.3. The van der Waals surface area contributed by atoms with Gasteiger partial charge in [0.15, 0.2) is 5.75 Å².